The highest BCUT2D eigenvalue weighted by Crippen LogP contribution is 2.37. The van der Waals surface area contributed by atoms with E-state index in [1.165, 1.54) is 37.7 Å². The Morgan fingerprint density at radius 2 is 1.70 bits per heavy atom. The van der Waals surface area contributed by atoms with Gasteiger partial charge in [0.2, 0.25) is 5.89 Å². The standard InChI is InChI=1S/C21H23NO/c1-2-15-7-9-16(10-8-15)17-11-13-18(14-12-17)21-22-19-5-3-4-6-20(19)23-21/h3-6,11-16H,2,7-10H2,1H3. The minimum absolute atomic E-state index is 0.715. The van der Waals surface area contributed by atoms with Crippen molar-refractivity contribution < 1.29 is 4.42 Å². The van der Waals surface area contributed by atoms with Gasteiger partial charge in [-0.25, -0.2) is 4.98 Å². The molecule has 0 spiro atoms. The van der Waals surface area contributed by atoms with Gasteiger partial charge in [0, 0.05) is 5.56 Å². The third-order valence-electron chi connectivity index (χ3n) is 5.35. The van der Waals surface area contributed by atoms with E-state index in [0.29, 0.717) is 5.89 Å². The summed E-state index contributed by atoms with van der Waals surface area (Å²) in [5.41, 5.74) is 4.31. The number of fused-ring (bicyclic) bond motifs is 1. The van der Waals surface area contributed by atoms with Crippen molar-refractivity contribution in [2.75, 3.05) is 0 Å². The third-order valence-corrected chi connectivity index (χ3v) is 5.35. The lowest BCUT2D eigenvalue weighted by Gasteiger charge is -2.28. The molecule has 4 rings (SSSR count). The van der Waals surface area contributed by atoms with Crippen LogP contribution >= 0.6 is 0 Å². The van der Waals surface area contributed by atoms with Crippen molar-refractivity contribution >= 4 is 11.1 Å². The molecule has 3 aromatic rings. The van der Waals surface area contributed by atoms with Crippen molar-refractivity contribution in [3.63, 3.8) is 0 Å². The van der Waals surface area contributed by atoms with Crippen LogP contribution in [0.25, 0.3) is 22.6 Å². The molecule has 118 valence electrons. The molecule has 1 aromatic heterocycles. The van der Waals surface area contributed by atoms with Crippen LogP contribution in [0.15, 0.2) is 52.9 Å². The number of hydrogen-bond donors (Lipinski definition) is 0. The zero-order valence-electron chi connectivity index (χ0n) is 13.7. The van der Waals surface area contributed by atoms with Gasteiger partial charge in [-0.3, -0.25) is 0 Å². The fraction of sp³-hybridized carbons (Fsp3) is 0.381. The van der Waals surface area contributed by atoms with Gasteiger partial charge in [-0.05, 0) is 67.3 Å². The summed E-state index contributed by atoms with van der Waals surface area (Å²) in [6.07, 6.45) is 6.77. The van der Waals surface area contributed by atoms with Gasteiger partial charge in [-0.15, -0.1) is 0 Å². The molecule has 0 N–H and O–H groups in total. The van der Waals surface area contributed by atoms with Gasteiger partial charge in [0.05, 0.1) is 0 Å². The van der Waals surface area contributed by atoms with Gasteiger partial charge in [-0.2, -0.15) is 0 Å². The van der Waals surface area contributed by atoms with Crippen molar-refractivity contribution in [1.82, 2.24) is 4.98 Å². The van der Waals surface area contributed by atoms with E-state index in [1.807, 2.05) is 24.3 Å². The Hall–Kier alpha value is -2.09. The zero-order valence-corrected chi connectivity index (χ0v) is 13.7. The molecule has 2 aromatic carbocycles. The Bertz CT molecular complexity index is 746. The molecule has 1 saturated carbocycles. The highest BCUT2D eigenvalue weighted by Gasteiger charge is 2.21. The van der Waals surface area contributed by atoms with Crippen LogP contribution in [-0.4, -0.2) is 4.98 Å². The Morgan fingerprint density at radius 3 is 2.39 bits per heavy atom. The predicted molar refractivity (Wildman–Crippen MR) is 94.4 cm³/mol. The maximum Gasteiger partial charge on any atom is 0.227 e. The van der Waals surface area contributed by atoms with E-state index in [-0.39, 0.29) is 0 Å². The van der Waals surface area contributed by atoms with E-state index in [4.69, 9.17) is 4.42 Å². The number of rotatable bonds is 3. The second-order valence-electron chi connectivity index (χ2n) is 6.73. The van der Waals surface area contributed by atoms with E-state index >= 15 is 0 Å². The first-order valence-electron chi connectivity index (χ1n) is 8.79. The summed E-state index contributed by atoms with van der Waals surface area (Å²) in [4.78, 5) is 4.58. The van der Waals surface area contributed by atoms with Crippen LogP contribution < -0.4 is 0 Å². The topological polar surface area (TPSA) is 26.0 Å². The lowest BCUT2D eigenvalue weighted by molar-refractivity contribution is 0.319. The smallest absolute Gasteiger partial charge is 0.227 e. The molecule has 1 fully saturated rings. The first kappa shape index (κ1) is 14.5. The average Bonchev–Trinajstić information content (AvgIpc) is 3.06. The van der Waals surface area contributed by atoms with Crippen LogP contribution in [0.1, 0.15) is 50.5 Å². The van der Waals surface area contributed by atoms with Crippen molar-refractivity contribution in [1.29, 1.82) is 0 Å². The number of oxazole rings is 1. The van der Waals surface area contributed by atoms with Gasteiger partial charge in [0.1, 0.15) is 5.52 Å². The van der Waals surface area contributed by atoms with Crippen molar-refractivity contribution in [3.05, 3.63) is 54.1 Å². The molecular formula is C21H23NO. The monoisotopic (exact) mass is 305 g/mol. The van der Waals surface area contributed by atoms with Gasteiger partial charge in [0.25, 0.3) is 0 Å². The molecule has 0 aliphatic heterocycles. The highest BCUT2D eigenvalue weighted by molar-refractivity contribution is 5.75. The zero-order chi connectivity index (χ0) is 15.6. The molecular weight excluding hydrogens is 282 g/mol. The second-order valence-corrected chi connectivity index (χ2v) is 6.73. The molecule has 0 atom stereocenters. The van der Waals surface area contributed by atoms with E-state index in [1.54, 1.807) is 0 Å². The summed E-state index contributed by atoms with van der Waals surface area (Å²) in [6, 6.07) is 16.8. The van der Waals surface area contributed by atoms with Crippen molar-refractivity contribution in [2.24, 2.45) is 5.92 Å². The molecule has 1 heterocycles. The van der Waals surface area contributed by atoms with Crippen LogP contribution in [0, 0.1) is 5.92 Å². The van der Waals surface area contributed by atoms with Crippen LogP contribution in [0.3, 0.4) is 0 Å². The highest BCUT2D eigenvalue weighted by atomic mass is 16.3. The molecule has 23 heavy (non-hydrogen) atoms. The molecule has 1 aliphatic carbocycles. The largest absolute Gasteiger partial charge is 0.436 e. The number of hydrogen-bond acceptors (Lipinski definition) is 2. The summed E-state index contributed by atoms with van der Waals surface area (Å²) in [6.45, 7) is 2.32. The molecule has 0 radical (unpaired) electrons. The molecule has 0 bridgehead atoms. The molecule has 0 unspecified atom stereocenters. The number of benzene rings is 2. The minimum Gasteiger partial charge on any atom is -0.436 e. The van der Waals surface area contributed by atoms with Gasteiger partial charge in [-0.1, -0.05) is 37.6 Å². The lowest BCUT2D eigenvalue weighted by Crippen LogP contribution is -2.12. The summed E-state index contributed by atoms with van der Waals surface area (Å²) < 4.78 is 5.86. The lowest BCUT2D eigenvalue weighted by atomic mass is 9.78. The summed E-state index contributed by atoms with van der Waals surface area (Å²) in [5, 5.41) is 0. The molecule has 0 amide bonds. The SMILES string of the molecule is CCC1CCC(c2ccc(-c3nc4ccccc4o3)cc2)CC1. The number of para-hydroxylation sites is 2. The molecule has 2 nitrogen and oxygen atoms in total. The van der Waals surface area contributed by atoms with Gasteiger partial charge < -0.3 is 4.42 Å². The Kier molecular flexibility index (Phi) is 3.90. The Balaban J connectivity index is 1.54. The Morgan fingerprint density at radius 1 is 0.957 bits per heavy atom. The van der Waals surface area contributed by atoms with Crippen molar-refractivity contribution in [2.45, 2.75) is 44.9 Å². The van der Waals surface area contributed by atoms with E-state index in [0.717, 1.165) is 28.5 Å². The number of nitrogens with zero attached hydrogens (tertiary/aromatic N) is 1. The Labute approximate surface area is 137 Å². The first-order chi connectivity index (χ1) is 11.3. The van der Waals surface area contributed by atoms with E-state index < -0.39 is 0 Å². The van der Waals surface area contributed by atoms with Crippen LogP contribution in [0.4, 0.5) is 0 Å². The fourth-order valence-electron chi connectivity index (χ4n) is 3.80. The number of aromatic nitrogens is 1. The van der Waals surface area contributed by atoms with E-state index in [2.05, 4.69) is 36.2 Å². The van der Waals surface area contributed by atoms with Crippen LogP contribution in [-0.2, 0) is 0 Å². The van der Waals surface area contributed by atoms with Crippen LogP contribution in [0.2, 0.25) is 0 Å². The maximum absolute atomic E-state index is 5.86. The van der Waals surface area contributed by atoms with E-state index in [9.17, 15) is 0 Å². The summed E-state index contributed by atoms with van der Waals surface area (Å²) >= 11 is 0. The fourth-order valence-corrected chi connectivity index (χ4v) is 3.80. The average molecular weight is 305 g/mol. The summed E-state index contributed by atoms with van der Waals surface area (Å²) in [7, 11) is 0. The molecule has 0 saturated heterocycles. The van der Waals surface area contributed by atoms with Gasteiger partial charge >= 0.3 is 0 Å². The second kappa shape index (κ2) is 6.19. The predicted octanol–water partition coefficient (Wildman–Crippen LogP) is 6.18. The minimum atomic E-state index is 0.715. The quantitative estimate of drug-likeness (QED) is 0.577. The van der Waals surface area contributed by atoms with Crippen molar-refractivity contribution in [3.8, 4) is 11.5 Å². The molecule has 2 heteroatoms. The van der Waals surface area contributed by atoms with Crippen LogP contribution in [0.5, 0.6) is 0 Å². The maximum atomic E-state index is 5.86. The first-order valence-corrected chi connectivity index (χ1v) is 8.79. The third kappa shape index (κ3) is 2.90. The molecule has 1 aliphatic rings. The normalized spacial score (nSPS) is 21.6. The van der Waals surface area contributed by atoms with Gasteiger partial charge in [0.15, 0.2) is 5.58 Å². The summed E-state index contributed by atoms with van der Waals surface area (Å²) in [5.74, 6) is 2.40.